The van der Waals surface area contributed by atoms with E-state index >= 15 is 0 Å². The summed E-state index contributed by atoms with van der Waals surface area (Å²) in [4.78, 5) is 16.5. The Hall–Kier alpha value is -2.01. The molecule has 0 fully saturated rings. The van der Waals surface area contributed by atoms with Crippen LogP contribution in [0.4, 0.5) is 0 Å². The van der Waals surface area contributed by atoms with Gasteiger partial charge < -0.3 is 9.47 Å². The number of rotatable bonds is 8. The first-order valence-electron chi connectivity index (χ1n) is 7.54. The highest BCUT2D eigenvalue weighted by molar-refractivity contribution is 7.99. The van der Waals surface area contributed by atoms with Crippen LogP contribution >= 0.6 is 11.8 Å². The van der Waals surface area contributed by atoms with Crippen LogP contribution < -0.4 is 4.74 Å². The molecular formula is C18H21NO3S. The van der Waals surface area contributed by atoms with Crippen molar-refractivity contribution in [2.75, 3.05) is 13.7 Å². The van der Waals surface area contributed by atoms with Crippen LogP contribution in [0.25, 0.3) is 0 Å². The summed E-state index contributed by atoms with van der Waals surface area (Å²) in [5.74, 6) is 1.38. The number of carbonyl (C=O) groups excluding carboxylic acids is 1. The summed E-state index contributed by atoms with van der Waals surface area (Å²) >= 11 is 1.58. The van der Waals surface area contributed by atoms with E-state index in [0.29, 0.717) is 13.0 Å². The Kier molecular flexibility index (Phi) is 6.94. The quantitative estimate of drug-likeness (QED) is 0.693. The topological polar surface area (TPSA) is 48.4 Å². The smallest absolute Gasteiger partial charge is 0.319 e. The minimum absolute atomic E-state index is 0.184. The number of methoxy groups -OCH3 is 1. The summed E-state index contributed by atoms with van der Waals surface area (Å²) in [6.07, 6.45) is 2.31. The van der Waals surface area contributed by atoms with Gasteiger partial charge in [0.15, 0.2) is 0 Å². The average Bonchev–Trinajstić information content (AvgIpc) is 2.60. The number of pyridine rings is 1. The number of carbonyl (C=O) groups is 1. The molecule has 0 spiro atoms. The molecule has 0 bridgehead atoms. The standard InChI is InChI=1S/C18H21NO3S/c1-3-22-18(20)17(12-15-6-4-5-11-19-15)23-13-14-7-9-16(21-2)10-8-14/h4-11,17H,3,12-13H2,1-2H3. The molecule has 122 valence electrons. The molecule has 1 atom stereocenters. The first kappa shape index (κ1) is 17.3. The van der Waals surface area contributed by atoms with Gasteiger partial charge in [0.05, 0.1) is 13.7 Å². The first-order chi connectivity index (χ1) is 11.2. The summed E-state index contributed by atoms with van der Waals surface area (Å²) in [5.41, 5.74) is 2.04. The van der Waals surface area contributed by atoms with Gasteiger partial charge in [-0.1, -0.05) is 18.2 Å². The predicted octanol–water partition coefficient (Wildman–Crippen LogP) is 3.50. The molecule has 0 amide bonds. The van der Waals surface area contributed by atoms with E-state index in [1.807, 2.05) is 49.4 Å². The van der Waals surface area contributed by atoms with Crippen LogP contribution in [0.5, 0.6) is 5.75 Å². The fourth-order valence-corrected chi connectivity index (χ4v) is 3.15. The van der Waals surface area contributed by atoms with Crippen LogP contribution in [0.1, 0.15) is 18.2 Å². The largest absolute Gasteiger partial charge is 0.497 e. The van der Waals surface area contributed by atoms with Crippen molar-refractivity contribution >= 4 is 17.7 Å². The van der Waals surface area contributed by atoms with Crippen LogP contribution in [-0.2, 0) is 21.7 Å². The maximum atomic E-state index is 12.2. The van der Waals surface area contributed by atoms with Crippen LogP contribution in [0.2, 0.25) is 0 Å². The number of thioether (sulfide) groups is 1. The van der Waals surface area contributed by atoms with Crippen molar-refractivity contribution in [1.82, 2.24) is 4.98 Å². The zero-order chi connectivity index (χ0) is 16.5. The normalized spacial score (nSPS) is 11.7. The molecular weight excluding hydrogens is 310 g/mol. The van der Waals surface area contributed by atoms with Gasteiger partial charge in [0.25, 0.3) is 0 Å². The van der Waals surface area contributed by atoms with Crippen LogP contribution in [0, 0.1) is 0 Å². The van der Waals surface area contributed by atoms with E-state index in [1.54, 1.807) is 25.1 Å². The lowest BCUT2D eigenvalue weighted by molar-refractivity contribution is -0.142. The highest BCUT2D eigenvalue weighted by Gasteiger charge is 2.21. The summed E-state index contributed by atoms with van der Waals surface area (Å²) in [7, 11) is 1.65. The van der Waals surface area contributed by atoms with Crippen molar-refractivity contribution < 1.29 is 14.3 Å². The molecule has 1 aromatic heterocycles. The van der Waals surface area contributed by atoms with E-state index in [-0.39, 0.29) is 11.2 Å². The number of esters is 1. The van der Waals surface area contributed by atoms with Crippen molar-refractivity contribution in [3.05, 3.63) is 59.9 Å². The Morgan fingerprint density at radius 1 is 1.22 bits per heavy atom. The van der Waals surface area contributed by atoms with Gasteiger partial charge in [0, 0.05) is 24.1 Å². The number of hydrogen-bond acceptors (Lipinski definition) is 5. The van der Waals surface area contributed by atoms with Crippen molar-refractivity contribution in [3.8, 4) is 5.75 Å². The van der Waals surface area contributed by atoms with E-state index in [0.717, 1.165) is 22.8 Å². The molecule has 1 aromatic carbocycles. The maximum Gasteiger partial charge on any atom is 0.319 e. The second kappa shape index (κ2) is 9.20. The van der Waals surface area contributed by atoms with Crippen LogP contribution in [0.15, 0.2) is 48.7 Å². The molecule has 0 saturated carbocycles. The Labute approximate surface area is 141 Å². The molecule has 1 unspecified atom stereocenters. The van der Waals surface area contributed by atoms with Gasteiger partial charge in [-0.25, -0.2) is 0 Å². The van der Waals surface area contributed by atoms with Gasteiger partial charge in [0.1, 0.15) is 11.0 Å². The van der Waals surface area contributed by atoms with Crippen LogP contribution in [-0.4, -0.2) is 29.9 Å². The number of aromatic nitrogens is 1. The second-order valence-corrected chi connectivity index (χ2v) is 6.12. The molecule has 0 aliphatic heterocycles. The Morgan fingerprint density at radius 2 is 2.00 bits per heavy atom. The summed E-state index contributed by atoms with van der Waals surface area (Å²) in [6.45, 7) is 2.21. The molecule has 2 rings (SSSR count). The molecule has 0 radical (unpaired) electrons. The lowest BCUT2D eigenvalue weighted by Gasteiger charge is -2.15. The lowest BCUT2D eigenvalue weighted by atomic mass is 10.2. The second-order valence-electron chi connectivity index (χ2n) is 4.92. The minimum Gasteiger partial charge on any atom is -0.497 e. The molecule has 23 heavy (non-hydrogen) atoms. The zero-order valence-electron chi connectivity index (χ0n) is 13.4. The Bertz CT molecular complexity index is 601. The van der Waals surface area contributed by atoms with Gasteiger partial charge in [-0.2, -0.15) is 0 Å². The number of hydrogen-bond donors (Lipinski definition) is 0. The predicted molar refractivity (Wildman–Crippen MR) is 92.7 cm³/mol. The zero-order valence-corrected chi connectivity index (χ0v) is 14.2. The van der Waals surface area contributed by atoms with E-state index in [1.165, 1.54) is 0 Å². The van der Waals surface area contributed by atoms with E-state index in [9.17, 15) is 4.79 Å². The van der Waals surface area contributed by atoms with E-state index in [2.05, 4.69) is 4.98 Å². The summed E-state index contributed by atoms with van der Waals surface area (Å²) in [6, 6.07) is 13.6. The molecule has 0 saturated heterocycles. The van der Waals surface area contributed by atoms with Crippen molar-refractivity contribution in [1.29, 1.82) is 0 Å². The Balaban J connectivity index is 2.00. The van der Waals surface area contributed by atoms with E-state index < -0.39 is 0 Å². The van der Waals surface area contributed by atoms with Gasteiger partial charge in [0.2, 0.25) is 0 Å². The van der Waals surface area contributed by atoms with Crippen molar-refractivity contribution in [2.45, 2.75) is 24.3 Å². The summed E-state index contributed by atoms with van der Waals surface area (Å²) < 4.78 is 10.3. The number of benzene rings is 1. The average molecular weight is 331 g/mol. The molecule has 0 aliphatic rings. The third kappa shape index (κ3) is 5.60. The SMILES string of the molecule is CCOC(=O)C(Cc1ccccn1)SCc1ccc(OC)cc1. The summed E-state index contributed by atoms with van der Waals surface area (Å²) in [5, 5.41) is -0.257. The molecule has 1 heterocycles. The molecule has 4 nitrogen and oxygen atoms in total. The third-order valence-corrected chi connectivity index (χ3v) is 4.54. The molecule has 2 aromatic rings. The molecule has 0 N–H and O–H groups in total. The fourth-order valence-electron chi connectivity index (χ4n) is 2.07. The van der Waals surface area contributed by atoms with E-state index in [4.69, 9.17) is 9.47 Å². The number of nitrogens with zero attached hydrogens (tertiary/aromatic N) is 1. The Morgan fingerprint density at radius 3 is 2.61 bits per heavy atom. The van der Waals surface area contributed by atoms with Gasteiger partial charge in [-0.15, -0.1) is 11.8 Å². The first-order valence-corrected chi connectivity index (χ1v) is 8.59. The fraction of sp³-hybridized carbons (Fsp3) is 0.333. The highest BCUT2D eigenvalue weighted by atomic mass is 32.2. The van der Waals surface area contributed by atoms with Gasteiger partial charge in [-0.05, 0) is 36.8 Å². The molecule has 0 aliphatic carbocycles. The van der Waals surface area contributed by atoms with Gasteiger partial charge in [-0.3, -0.25) is 9.78 Å². The molecule has 5 heteroatoms. The third-order valence-electron chi connectivity index (χ3n) is 3.28. The van der Waals surface area contributed by atoms with Crippen molar-refractivity contribution in [3.63, 3.8) is 0 Å². The highest BCUT2D eigenvalue weighted by Crippen LogP contribution is 2.23. The maximum absolute atomic E-state index is 12.2. The minimum atomic E-state index is -0.257. The van der Waals surface area contributed by atoms with Crippen LogP contribution in [0.3, 0.4) is 0 Å². The van der Waals surface area contributed by atoms with Crippen molar-refractivity contribution in [2.24, 2.45) is 0 Å². The lowest BCUT2D eigenvalue weighted by Crippen LogP contribution is -2.23. The van der Waals surface area contributed by atoms with Gasteiger partial charge >= 0.3 is 5.97 Å². The monoisotopic (exact) mass is 331 g/mol. The number of ether oxygens (including phenoxy) is 2.